The number of carbonyl (C=O) groups excluding carboxylic acids is 1. The maximum absolute atomic E-state index is 14.3. The van der Waals surface area contributed by atoms with Crippen LogP contribution in [0.3, 0.4) is 0 Å². The fourth-order valence-corrected chi connectivity index (χ4v) is 4.86. The van der Waals surface area contributed by atoms with Crippen LogP contribution >= 0.6 is 0 Å². The van der Waals surface area contributed by atoms with Crippen molar-refractivity contribution in [3.8, 4) is 5.75 Å². The second kappa shape index (κ2) is 9.07. The summed E-state index contributed by atoms with van der Waals surface area (Å²) in [5.74, 6) is -1.77. The van der Waals surface area contributed by atoms with Crippen molar-refractivity contribution in [2.45, 2.75) is 24.8 Å². The van der Waals surface area contributed by atoms with E-state index in [1.165, 1.54) is 24.1 Å². The van der Waals surface area contributed by atoms with E-state index in [1.807, 2.05) is 0 Å². The van der Waals surface area contributed by atoms with Gasteiger partial charge >= 0.3 is 12.4 Å². The van der Waals surface area contributed by atoms with Gasteiger partial charge in [0.2, 0.25) is 0 Å². The molecule has 0 radical (unpaired) electrons. The molecule has 0 saturated carbocycles. The van der Waals surface area contributed by atoms with Crippen LogP contribution in [0.4, 0.5) is 30.7 Å². The number of ether oxygens (including phenoxy) is 1. The number of hydrogen-bond donors (Lipinski definition) is 1. The first-order valence-corrected chi connectivity index (χ1v) is 11.4. The first-order chi connectivity index (χ1) is 17.9. The van der Waals surface area contributed by atoms with Crippen LogP contribution in [0.2, 0.25) is 0 Å². The molecule has 1 N–H and O–H groups in total. The summed E-state index contributed by atoms with van der Waals surface area (Å²) in [6.07, 6.45) is -9.16. The van der Waals surface area contributed by atoms with Crippen molar-refractivity contribution in [3.63, 3.8) is 0 Å². The Morgan fingerprint density at radius 1 is 0.947 bits per heavy atom. The van der Waals surface area contributed by atoms with Gasteiger partial charge in [0.1, 0.15) is 11.6 Å². The highest BCUT2D eigenvalue weighted by Gasteiger charge is 2.38. The Labute approximate surface area is 211 Å². The van der Waals surface area contributed by atoms with E-state index < -0.39 is 41.2 Å². The zero-order valence-electron chi connectivity index (χ0n) is 19.7. The summed E-state index contributed by atoms with van der Waals surface area (Å²) in [5, 5.41) is 0.809. The second-order valence-electron chi connectivity index (χ2n) is 8.89. The maximum Gasteiger partial charge on any atom is 0.419 e. The third kappa shape index (κ3) is 4.46. The third-order valence-corrected chi connectivity index (χ3v) is 6.67. The van der Waals surface area contributed by atoms with Gasteiger partial charge < -0.3 is 14.6 Å². The molecule has 0 aliphatic carbocycles. The van der Waals surface area contributed by atoms with Gasteiger partial charge in [0, 0.05) is 28.7 Å². The number of nitrogens with zero attached hydrogens (tertiary/aromatic N) is 1. The number of halogens is 7. The van der Waals surface area contributed by atoms with Crippen LogP contribution in [0.25, 0.3) is 10.9 Å². The molecule has 0 bridgehead atoms. The molecule has 0 saturated heterocycles. The first-order valence-electron chi connectivity index (χ1n) is 11.4. The van der Waals surface area contributed by atoms with E-state index in [1.54, 1.807) is 18.2 Å². The molecule has 11 heteroatoms. The summed E-state index contributed by atoms with van der Waals surface area (Å²) >= 11 is 0. The van der Waals surface area contributed by atoms with E-state index >= 15 is 0 Å². The normalized spacial score (nSPS) is 16.0. The van der Waals surface area contributed by atoms with Crippen LogP contribution in [0.5, 0.6) is 5.75 Å². The van der Waals surface area contributed by atoms with E-state index in [9.17, 15) is 35.5 Å². The Morgan fingerprint density at radius 2 is 1.66 bits per heavy atom. The van der Waals surface area contributed by atoms with Gasteiger partial charge in [-0.1, -0.05) is 12.1 Å². The van der Waals surface area contributed by atoms with Crippen LogP contribution in [0, 0.1) is 5.82 Å². The van der Waals surface area contributed by atoms with Gasteiger partial charge in [-0.3, -0.25) is 4.79 Å². The van der Waals surface area contributed by atoms with Crippen LogP contribution in [0.15, 0.2) is 60.7 Å². The van der Waals surface area contributed by atoms with Crippen LogP contribution in [-0.4, -0.2) is 29.4 Å². The number of nitrogens with one attached hydrogen (secondary N) is 1. The van der Waals surface area contributed by atoms with Crippen molar-refractivity contribution in [3.05, 3.63) is 100.0 Å². The number of fused-ring (bicyclic) bond motifs is 3. The predicted molar refractivity (Wildman–Crippen MR) is 124 cm³/mol. The lowest BCUT2D eigenvalue weighted by atomic mass is 9.91. The zero-order chi connectivity index (χ0) is 27.4. The maximum atomic E-state index is 14.3. The molecule has 2 heterocycles. The molecule has 1 aliphatic heterocycles. The van der Waals surface area contributed by atoms with Gasteiger partial charge in [0.15, 0.2) is 0 Å². The molecule has 3 aromatic carbocycles. The summed E-state index contributed by atoms with van der Waals surface area (Å²) in [6.45, 7) is 0.0876. The van der Waals surface area contributed by atoms with Gasteiger partial charge in [-0.25, -0.2) is 4.39 Å². The Bertz CT molecular complexity index is 1520. The van der Waals surface area contributed by atoms with Crippen LogP contribution in [0.1, 0.15) is 44.3 Å². The van der Waals surface area contributed by atoms with Gasteiger partial charge in [-0.2, -0.15) is 26.3 Å². The third-order valence-electron chi connectivity index (χ3n) is 6.67. The zero-order valence-corrected chi connectivity index (χ0v) is 19.7. The number of H-pyrrole nitrogens is 1. The number of benzene rings is 3. The number of methoxy groups -OCH3 is 1. The van der Waals surface area contributed by atoms with E-state index in [4.69, 9.17) is 4.74 Å². The van der Waals surface area contributed by atoms with Crippen LogP contribution < -0.4 is 4.74 Å². The molecule has 4 aromatic rings. The standard InChI is InChI=1S/C27H19F7N2O2/c1-38-17-7-9-22-19(13-17)18-10-11-36(25(37)15-4-8-20(21(28)12-15)27(32,33)34)24(23(18)35-22)14-2-5-16(6-3-14)26(29,30)31/h2-9,12-13,24,35H,10-11H2,1H3/t24-/m0/s1. The number of hydrogen-bond acceptors (Lipinski definition) is 2. The summed E-state index contributed by atoms with van der Waals surface area (Å²) in [5.41, 5.74) is -0.263. The molecular weight excluding hydrogens is 517 g/mol. The van der Waals surface area contributed by atoms with Gasteiger partial charge in [0.25, 0.3) is 5.91 Å². The van der Waals surface area contributed by atoms with Crippen molar-refractivity contribution in [1.82, 2.24) is 9.88 Å². The summed E-state index contributed by atoms with van der Waals surface area (Å²) in [7, 11) is 1.51. The molecular formula is C27H19F7N2O2. The van der Waals surface area contributed by atoms with Crippen LogP contribution in [-0.2, 0) is 18.8 Å². The lowest BCUT2D eigenvalue weighted by Gasteiger charge is -2.36. The predicted octanol–water partition coefficient (Wildman–Crippen LogP) is 7.14. The summed E-state index contributed by atoms with van der Waals surface area (Å²) < 4.78 is 98.3. The molecule has 1 aromatic heterocycles. The average Bonchev–Trinajstić information content (AvgIpc) is 3.24. The highest BCUT2D eigenvalue weighted by Crippen LogP contribution is 2.41. The number of aromatic nitrogens is 1. The molecule has 0 unspecified atom stereocenters. The monoisotopic (exact) mass is 536 g/mol. The molecule has 1 atom stereocenters. The van der Waals surface area contributed by atoms with Gasteiger partial charge in [-0.05, 0) is 66.1 Å². The molecule has 1 aliphatic rings. The van der Waals surface area contributed by atoms with Crippen molar-refractivity contribution >= 4 is 16.8 Å². The molecule has 0 fully saturated rings. The smallest absolute Gasteiger partial charge is 0.419 e. The fraction of sp³-hybridized carbons (Fsp3) is 0.222. The number of rotatable bonds is 3. The van der Waals surface area contributed by atoms with E-state index in [-0.39, 0.29) is 12.1 Å². The topological polar surface area (TPSA) is 45.3 Å². The first kappa shape index (κ1) is 25.6. The summed E-state index contributed by atoms with van der Waals surface area (Å²) in [6, 6.07) is 10.6. The van der Waals surface area contributed by atoms with Crippen molar-refractivity contribution in [1.29, 1.82) is 0 Å². The Hall–Kier alpha value is -4.02. The highest BCUT2D eigenvalue weighted by atomic mass is 19.4. The molecule has 5 rings (SSSR count). The minimum Gasteiger partial charge on any atom is -0.497 e. The highest BCUT2D eigenvalue weighted by molar-refractivity contribution is 5.96. The number of aromatic amines is 1. The minimum atomic E-state index is -4.93. The molecule has 198 valence electrons. The number of amides is 1. The van der Waals surface area contributed by atoms with Gasteiger partial charge in [0.05, 0.1) is 24.3 Å². The lowest BCUT2D eigenvalue weighted by Crippen LogP contribution is -2.40. The molecule has 4 nitrogen and oxygen atoms in total. The lowest BCUT2D eigenvalue weighted by molar-refractivity contribution is -0.140. The number of alkyl halides is 6. The molecule has 1 amide bonds. The Morgan fingerprint density at radius 3 is 2.26 bits per heavy atom. The van der Waals surface area contributed by atoms with E-state index in [2.05, 4.69) is 4.98 Å². The largest absolute Gasteiger partial charge is 0.497 e. The van der Waals surface area contributed by atoms with Crippen molar-refractivity contribution in [2.75, 3.05) is 13.7 Å². The molecule has 38 heavy (non-hydrogen) atoms. The fourth-order valence-electron chi connectivity index (χ4n) is 4.86. The quantitative estimate of drug-likeness (QED) is 0.283. The molecule has 0 spiro atoms. The summed E-state index contributed by atoms with van der Waals surface area (Å²) in [4.78, 5) is 18.1. The van der Waals surface area contributed by atoms with E-state index in [0.717, 1.165) is 29.1 Å². The van der Waals surface area contributed by atoms with Gasteiger partial charge in [-0.15, -0.1) is 0 Å². The van der Waals surface area contributed by atoms with Crippen molar-refractivity contribution in [2.24, 2.45) is 0 Å². The van der Waals surface area contributed by atoms with E-state index in [0.29, 0.717) is 41.1 Å². The Kier molecular flexibility index (Phi) is 6.12. The minimum absolute atomic E-state index is 0.0876. The van der Waals surface area contributed by atoms with Crippen molar-refractivity contribution < 1.29 is 40.3 Å². The number of carbonyl (C=O) groups is 1. The average molecular weight is 536 g/mol. The second-order valence-corrected chi connectivity index (χ2v) is 8.89. The Balaban J connectivity index is 1.62. The SMILES string of the molecule is COc1ccc2[nH]c3c(c2c1)CCN(C(=O)c1ccc(C(F)(F)F)c(F)c1)[C@H]3c1ccc(C(F)(F)F)cc1.